The quantitative estimate of drug-likeness (QED) is 0.122. The van der Waals surface area contributed by atoms with Gasteiger partial charge in [0.05, 0.1) is 0 Å². The molecule has 0 unspecified atom stereocenters. The van der Waals surface area contributed by atoms with E-state index in [0.717, 1.165) is 21.2 Å². The van der Waals surface area contributed by atoms with E-state index in [2.05, 4.69) is 97.1 Å². The Morgan fingerprint density at radius 3 is 1.58 bits per heavy atom. The Labute approximate surface area is 231 Å². The van der Waals surface area contributed by atoms with Crippen molar-refractivity contribution in [3.63, 3.8) is 0 Å². The van der Waals surface area contributed by atoms with E-state index < -0.39 is 0 Å². The summed E-state index contributed by atoms with van der Waals surface area (Å²) in [5.41, 5.74) is 4.59. The first-order valence-corrected chi connectivity index (χ1v) is 13.4. The van der Waals surface area contributed by atoms with Gasteiger partial charge in [0.25, 0.3) is 0 Å². The second-order valence-electron chi connectivity index (χ2n) is 9.64. The topological polar surface area (TPSA) is 0 Å². The molecule has 0 aliphatic rings. The van der Waals surface area contributed by atoms with Gasteiger partial charge in [0.2, 0.25) is 0 Å². The molecule has 0 N–H and O–H groups in total. The van der Waals surface area contributed by atoms with Crippen molar-refractivity contribution in [2.75, 3.05) is 0 Å². The van der Waals surface area contributed by atoms with Crippen molar-refractivity contribution in [1.29, 1.82) is 0 Å². The highest BCUT2D eigenvalue weighted by molar-refractivity contribution is 6.35. The highest BCUT2D eigenvalue weighted by Gasteiger charge is 2.16. The SMILES string of the molecule is Clc1ccc(C=Cc2cc3cccc4c5cccc6cccc(c(c2C=Cc2ccc(Cl)cc2)c34)c65)cc1. The first-order chi connectivity index (χ1) is 18.7. The average Bonchev–Trinajstić information content (AvgIpc) is 2.95. The summed E-state index contributed by atoms with van der Waals surface area (Å²) >= 11 is 12.3. The standard InChI is InChI=1S/C36H22Cl2/c37-28-17-11-23(12-18-28)10-16-26-22-27-6-3-8-32-31-7-1-4-25-5-2-9-33(34(25)31)36(35(27)32)30(26)21-15-24-13-19-29(38)20-14-24/h1-22H. The molecule has 0 radical (unpaired) electrons. The van der Waals surface area contributed by atoms with Gasteiger partial charge in [-0.15, -0.1) is 0 Å². The lowest BCUT2D eigenvalue weighted by atomic mass is 9.85. The monoisotopic (exact) mass is 524 g/mol. The zero-order valence-corrected chi connectivity index (χ0v) is 22.0. The Morgan fingerprint density at radius 1 is 0.421 bits per heavy atom. The van der Waals surface area contributed by atoms with Crippen LogP contribution in [-0.4, -0.2) is 0 Å². The number of fused-ring (bicyclic) bond motifs is 2. The maximum absolute atomic E-state index is 6.15. The van der Waals surface area contributed by atoms with E-state index in [1.54, 1.807) is 0 Å². The fraction of sp³-hybridized carbons (Fsp3) is 0. The number of hydrogen-bond donors (Lipinski definition) is 0. The van der Waals surface area contributed by atoms with E-state index in [1.807, 2.05) is 36.4 Å². The fourth-order valence-corrected chi connectivity index (χ4v) is 5.85. The summed E-state index contributed by atoms with van der Waals surface area (Å²) < 4.78 is 0. The second kappa shape index (κ2) is 9.33. The van der Waals surface area contributed by atoms with Crippen molar-refractivity contribution in [1.82, 2.24) is 0 Å². The zero-order valence-electron chi connectivity index (χ0n) is 20.5. The van der Waals surface area contributed by atoms with Crippen LogP contribution in [0.5, 0.6) is 0 Å². The van der Waals surface area contributed by atoms with E-state index in [-0.39, 0.29) is 0 Å². The maximum atomic E-state index is 6.15. The Morgan fingerprint density at radius 2 is 0.947 bits per heavy atom. The Kier molecular flexibility index (Phi) is 5.66. The van der Waals surface area contributed by atoms with Crippen LogP contribution in [0, 0.1) is 0 Å². The molecule has 0 saturated carbocycles. The molecule has 7 aromatic rings. The van der Waals surface area contributed by atoms with Crippen LogP contribution in [0.3, 0.4) is 0 Å². The number of benzene rings is 7. The molecule has 180 valence electrons. The van der Waals surface area contributed by atoms with E-state index >= 15 is 0 Å². The number of hydrogen-bond acceptors (Lipinski definition) is 0. The Balaban J connectivity index is 1.58. The normalized spacial score (nSPS) is 12.3. The second-order valence-corrected chi connectivity index (χ2v) is 10.5. The molecule has 0 aromatic heterocycles. The number of halogens is 2. The molecule has 0 aliphatic carbocycles. The van der Waals surface area contributed by atoms with Gasteiger partial charge in [-0.05, 0) is 95.7 Å². The van der Waals surface area contributed by atoms with Crippen molar-refractivity contribution < 1.29 is 0 Å². The third kappa shape index (κ3) is 3.94. The minimum absolute atomic E-state index is 0.738. The predicted octanol–water partition coefficient (Wildman–Crippen LogP) is 11.4. The maximum Gasteiger partial charge on any atom is 0.0406 e. The molecule has 0 saturated heterocycles. The molecule has 0 fully saturated rings. The van der Waals surface area contributed by atoms with Gasteiger partial charge in [0.15, 0.2) is 0 Å². The summed E-state index contributed by atoms with van der Waals surface area (Å²) in [6.07, 6.45) is 8.80. The third-order valence-corrected chi connectivity index (χ3v) is 7.84. The first kappa shape index (κ1) is 23.0. The van der Waals surface area contributed by atoms with Gasteiger partial charge in [0, 0.05) is 10.0 Å². The molecule has 0 heterocycles. The van der Waals surface area contributed by atoms with E-state index in [1.165, 1.54) is 54.2 Å². The largest absolute Gasteiger partial charge is 0.0843 e. The molecule has 0 spiro atoms. The predicted molar refractivity (Wildman–Crippen MR) is 168 cm³/mol. The Hall–Kier alpha value is -4.10. The van der Waals surface area contributed by atoms with Crippen molar-refractivity contribution in [3.8, 4) is 0 Å². The summed E-state index contributed by atoms with van der Waals surface area (Å²) in [5.74, 6) is 0. The van der Waals surface area contributed by atoms with E-state index in [4.69, 9.17) is 23.2 Å². The van der Waals surface area contributed by atoms with Crippen LogP contribution < -0.4 is 0 Å². The highest BCUT2D eigenvalue weighted by atomic mass is 35.5. The fourth-order valence-electron chi connectivity index (χ4n) is 5.60. The molecule has 2 heteroatoms. The summed E-state index contributed by atoms with van der Waals surface area (Å²) in [6, 6.07) is 38.1. The van der Waals surface area contributed by atoms with Crippen LogP contribution in [0.25, 0.3) is 67.4 Å². The molecular formula is C36H22Cl2. The molecule has 0 bridgehead atoms. The molecule has 38 heavy (non-hydrogen) atoms. The van der Waals surface area contributed by atoms with Crippen LogP contribution >= 0.6 is 23.2 Å². The van der Waals surface area contributed by atoms with Crippen LogP contribution in [-0.2, 0) is 0 Å². The Bertz CT molecular complexity index is 2010. The minimum Gasteiger partial charge on any atom is -0.0843 e. The molecule has 0 atom stereocenters. The molecule has 7 aromatic carbocycles. The summed E-state index contributed by atoms with van der Waals surface area (Å²) in [5, 5.41) is 11.7. The average molecular weight is 525 g/mol. The van der Waals surface area contributed by atoms with Crippen LogP contribution in [0.1, 0.15) is 22.3 Å². The van der Waals surface area contributed by atoms with Gasteiger partial charge in [-0.2, -0.15) is 0 Å². The lowest BCUT2D eigenvalue weighted by molar-refractivity contribution is 1.65. The smallest absolute Gasteiger partial charge is 0.0406 e. The molecule has 0 aliphatic heterocycles. The van der Waals surface area contributed by atoms with Gasteiger partial charge in [-0.1, -0.05) is 126 Å². The van der Waals surface area contributed by atoms with Crippen LogP contribution in [0.15, 0.2) is 109 Å². The summed E-state index contributed by atoms with van der Waals surface area (Å²) in [6.45, 7) is 0. The number of rotatable bonds is 4. The van der Waals surface area contributed by atoms with Crippen molar-refractivity contribution in [2.45, 2.75) is 0 Å². The van der Waals surface area contributed by atoms with Crippen LogP contribution in [0.2, 0.25) is 10.0 Å². The van der Waals surface area contributed by atoms with Gasteiger partial charge in [-0.3, -0.25) is 0 Å². The van der Waals surface area contributed by atoms with E-state index in [9.17, 15) is 0 Å². The van der Waals surface area contributed by atoms with Gasteiger partial charge >= 0.3 is 0 Å². The minimum atomic E-state index is 0.738. The summed E-state index contributed by atoms with van der Waals surface area (Å²) in [4.78, 5) is 0. The van der Waals surface area contributed by atoms with Gasteiger partial charge in [-0.25, -0.2) is 0 Å². The van der Waals surface area contributed by atoms with Gasteiger partial charge in [0.1, 0.15) is 0 Å². The van der Waals surface area contributed by atoms with Crippen molar-refractivity contribution in [3.05, 3.63) is 141 Å². The molecule has 7 rings (SSSR count). The zero-order chi connectivity index (χ0) is 25.6. The molecule has 0 nitrogen and oxygen atoms in total. The first-order valence-electron chi connectivity index (χ1n) is 12.7. The van der Waals surface area contributed by atoms with Gasteiger partial charge < -0.3 is 0 Å². The van der Waals surface area contributed by atoms with Crippen molar-refractivity contribution >= 4 is 90.6 Å². The third-order valence-electron chi connectivity index (χ3n) is 7.34. The van der Waals surface area contributed by atoms with E-state index in [0.29, 0.717) is 0 Å². The lowest BCUT2D eigenvalue weighted by Gasteiger charge is -2.18. The van der Waals surface area contributed by atoms with Crippen LogP contribution in [0.4, 0.5) is 0 Å². The molecule has 0 amide bonds. The molecular weight excluding hydrogens is 503 g/mol. The van der Waals surface area contributed by atoms with Crippen molar-refractivity contribution in [2.24, 2.45) is 0 Å². The lowest BCUT2D eigenvalue weighted by Crippen LogP contribution is -1.92. The highest BCUT2D eigenvalue weighted by Crippen LogP contribution is 2.43. The summed E-state index contributed by atoms with van der Waals surface area (Å²) in [7, 11) is 0.